The largest absolute Gasteiger partial charge is 0.496 e. The van der Waals surface area contributed by atoms with Gasteiger partial charge < -0.3 is 19.7 Å². The van der Waals surface area contributed by atoms with E-state index in [2.05, 4.69) is 5.32 Å². The van der Waals surface area contributed by atoms with Gasteiger partial charge in [0.25, 0.3) is 5.91 Å². The number of hydrogen-bond donors (Lipinski definition) is 1. The first-order chi connectivity index (χ1) is 13.0. The van der Waals surface area contributed by atoms with Crippen LogP contribution in [0.4, 0.5) is 0 Å². The molecule has 1 aliphatic carbocycles. The zero-order valence-corrected chi connectivity index (χ0v) is 16.3. The molecule has 1 saturated carbocycles. The van der Waals surface area contributed by atoms with E-state index >= 15 is 0 Å². The van der Waals surface area contributed by atoms with Crippen LogP contribution in [-0.4, -0.2) is 55.7 Å². The molecule has 1 aromatic carbocycles. The normalized spacial score (nSPS) is 23.2. The summed E-state index contributed by atoms with van der Waals surface area (Å²) in [5.41, 5.74) is 0.210. The van der Waals surface area contributed by atoms with Gasteiger partial charge in [0.15, 0.2) is 0 Å². The average Bonchev–Trinajstić information content (AvgIpc) is 3.36. The number of likely N-dealkylation sites (tertiary alicyclic amines) is 1. The fourth-order valence-electron chi connectivity index (χ4n) is 4.01. The van der Waals surface area contributed by atoms with Crippen molar-refractivity contribution in [2.45, 2.75) is 31.3 Å². The lowest BCUT2D eigenvalue weighted by Gasteiger charge is -2.47. The van der Waals surface area contributed by atoms with Crippen LogP contribution in [0.5, 0.6) is 5.75 Å². The molecule has 1 atom stereocenters. The van der Waals surface area contributed by atoms with Crippen LogP contribution < -0.4 is 10.1 Å². The fraction of sp³-hybridized carbons (Fsp3) is 0.600. The first kappa shape index (κ1) is 18.6. The lowest BCUT2D eigenvalue weighted by atomic mass is 9.85. The zero-order valence-electron chi connectivity index (χ0n) is 15.5. The Kier molecular flexibility index (Phi) is 5.03. The Bertz CT molecular complexity index is 743. The Morgan fingerprint density at radius 2 is 2.11 bits per heavy atom. The molecule has 1 aromatic rings. The highest BCUT2D eigenvalue weighted by Crippen LogP contribution is 2.40. The second-order valence-corrected chi connectivity index (χ2v) is 8.46. The van der Waals surface area contributed by atoms with Gasteiger partial charge in [0, 0.05) is 18.0 Å². The number of carbonyl (C=O) groups excluding carboxylic acids is 2. The van der Waals surface area contributed by atoms with E-state index in [4.69, 9.17) is 21.1 Å². The highest BCUT2D eigenvalue weighted by molar-refractivity contribution is 6.30. The Balaban J connectivity index is 1.28. The quantitative estimate of drug-likeness (QED) is 0.807. The van der Waals surface area contributed by atoms with Gasteiger partial charge in [-0.25, -0.2) is 0 Å². The first-order valence-electron chi connectivity index (χ1n) is 9.51. The zero-order chi connectivity index (χ0) is 19.0. The van der Waals surface area contributed by atoms with Crippen LogP contribution in [0.1, 0.15) is 36.0 Å². The number of methoxy groups -OCH3 is 1. The molecular weight excluding hydrogens is 368 g/mol. The van der Waals surface area contributed by atoms with E-state index < -0.39 is 0 Å². The van der Waals surface area contributed by atoms with Gasteiger partial charge in [0.2, 0.25) is 5.91 Å². The van der Waals surface area contributed by atoms with Gasteiger partial charge in [-0.05, 0) is 49.3 Å². The van der Waals surface area contributed by atoms with Crippen molar-refractivity contribution in [3.05, 3.63) is 28.8 Å². The number of ether oxygens (including phenoxy) is 2. The third kappa shape index (κ3) is 4.06. The summed E-state index contributed by atoms with van der Waals surface area (Å²) in [5.74, 6) is 1.43. The smallest absolute Gasteiger partial charge is 0.257 e. The molecular formula is C20H25ClN2O4. The summed E-state index contributed by atoms with van der Waals surface area (Å²) < 4.78 is 11.3. The minimum atomic E-state index is -0.295. The van der Waals surface area contributed by atoms with E-state index in [1.807, 2.05) is 0 Å². The second kappa shape index (κ2) is 7.32. The van der Waals surface area contributed by atoms with E-state index in [0.717, 1.165) is 13.0 Å². The molecule has 0 bridgehead atoms. The molecule has 0 aromatic heterocycles. The Labute approximate surface area is 164 Å². The third-order valence-corrected chi connectivity index (χ3v) is 5.92. The summed E-state index contributed by atoms with van der Waals surface area (Å²) in [6, 6.07) is 5.03. The van der Waals surface area contributed by atoms with Crippen molar-refractivity contribution >= 4 is 23.4 Å². The lowest BCUT2D eigenvalue weighted by Crippen LogP contribution is -2.63. The summed E-state index contributed by atoms with van der Waals surface area (Å²) in [6.45, 7) is 2.50. The van der Waals surface area contributed by atoms with Crippen LogP contribution in [0.15, 0.2) is 18.2 Å². The van der Waals surface area contributed by atoms with Gasteiger partial charge in [0.1, 0.15) is 11.4 Å². The summed E-state index contributed by atoms with van der Waals surface area (Å²) >= 11 is 5.97. The van der Waals surface area contributed by atoms with Crippen LogP contribution in [0.25, 0.3) is 0 Å². The Morgan fingerprint density at radius 1 is 1.33 bits per heavy atom. The minimum Gasteiger partial charge on any atom is -0.496 e. The predicted molar refractivity (Wildman–Crippen MR) is 101 cm³/mol. The number of rotatable bonds is 6. The van der Waals surface area contributed by atoms with Gasteiger partial charge in [-0.15, -0.1) is 0 Å². The Morgan fingerprint density at radius 3 is 2.81 bits per heavy atom. The molecule has 2 heterocycles. The van der Waals surface area contributed by atoms with Crippen molar-refractivity contribution in [3.8, 4) is 5.75 Å². The molecule has 3 fully saturated rings. The van der Waals surface area contributed by atoms with Gasteiger partial charge in [-0.2, -0.15) is 0 Å². The number of nitrogens with zero attached hydrogens (tertiary/aromatic N) is 1. The average molecular weight is 393 g/mol. The van der Waals surface area contributed by atoms with E-state index in [9.17, 15) is 9.59 Å². The van der Waals surface area contributed by atoms with Gasteiger partial charge >= 0.3 is 0 Å². The van der Waals surface area contributed by atoms with Gasteiger partial charge in [-0.1, -0.05) is 11.6 Å². The molecule has 6 nitrogen and oxygen atoms in total. The van der Waals surface area contributed by atoms with Crippen molar-refractivity contribution in [2.75, 3.05) is 33.4 Å². The second-order valence-electron chi connectivity index (χ2n) is 8.02. The summed E-state index contributed by atoms with van der Waals surface area (Å²) in [7, 11) is 1.53. The number of nitrogens with one attached hydrogen (secondary N) is 1. The molecule has 4 rings (SSSR count). The van der Waals surface area contributed by atoms with Crippen LogP contribution in [0, 0.1) is 11.8 Å². The van der Waals surface area contributed by atoms with E-state index in [0.29, 0.717) is 48.4 Å². The van der Waals surface area contributed by atoms with E-state index in [1.54, 1.807) is 23.1 Å². The van der Waals surface area contributed by atoms with Crippen molar-refractivity contribution < 1.29 is 19.1 Å². The van der Waals surface area contributed by atoms with Crippen molar-refractivity contribution in [2.24, 2.45) is 11.8 Å². The van der Waals surface area contributed by atoms with Crippen LogP contribution in [0.2, 0.25) is 5.02 Å². The maximum Gasteiger partial charge on any atom is 0.257 e. The SMILES string of the molecule is COc1cc(Cl)ccc1C(=O)N1CC2(CC(CC(=O)NCC3CC3)CO2)C1. The molecule has 1 unspecified atom stereocenters. The molecule has 2 aliphatic heterocycles. The molecule has 2 saturated heterocycles. The summed E-state index contributed by atoms with van der Waals surface area (Å²) in [5, 5.41) is 3.55. The van der Waals surface area contributed by atoms with Crippen LogP contribution >= 0.6 is 11.6 Å². The molecule has 7 heteroatoms. The third-order valence-electron chi connectivity index (χ3n) is 5.68. The van der Waals surface area contributed by atoms with Crippen molar-refractivity contribution in [3.63, 3.8) is 0 Å². The summed E-state index contributed by atoms with van der Waals surface area (Å²) in [4.78, 5) is 26.6. The fourth-order valence-corrected chi connectivity index (χ4v) is 4.17. The number of hydrogen-bond acceptors (Lipinski definition) is 4. The van der Waals surface area contributed by atoms with Gasteiger partial charge in [-0.3, -0.25) is 9.59 Å². The first-order valence-corrected chi connectivity index (χ1v) is 9.89. The molecule has 2 amide bonds. The monoisotopic (exact) mass is 392 g/mol. The van der Waals surface area contributed by atoms with Crippen molar-refractivity contribution in [1.29, 1.82) is 0 Å². The van der Waals surface area contributed by atoms with Crippen LogP contribution in [-0.2, 0) is 9.53 Å². The van der Waals surface area contributed by atoms with E-state index in [1.165, 1.54) is 20.0 Å². The lowest BCUT2D eigenvalue weighted by molar-refractivity contribution is -0.122. The topological polar surface area (TPSA) is 67.9 Å². The molecule has 1 spiro atoms. The van der Waals surface area contributed by atoms with E-state index in [-0.39, 0.29) is 23.3 Å². The Hall–Kier alpha value is -1.79. The number of benzene rings is 1. The highest BCUT2D eigenvalue weighted by Gasteiger charge is 2.51. The van der Waals surface area contributed by atoms with Crippen LogP contribution in [0.3, 0.4) is 0 Å². The minimum absolute atomic E-state index is 0.0802. The standard InChI is InChI=1S/C20H25ClN2O4/c1-26-17-7-15(21)4-5-16(17)19(25)23-11-20(12-23)8-14(10-27-20)6-18(24)22-9-13-2-3-13/h4-5,7,13-14H,2-3,6,8-12H2,1H3,(H,22,24). The summed E-state index contributed by atoms with van der Waals surface area (Å²) in [6.07, 6.45) is 3.80. The molecule has 0 radical (unpaired) electrons. The maximum atomic E-state index is 12.8. The number of amides is 2. The molecule has 146 valence electrons. The number of carbonyl (C=O) groups is 2. The molecule has 3 aliphatic rings. The molecule has 1 N–H and O–H groups in total. The maximum absolute atomic E-state index is 12.8. The van der Waals surface area contributed by atoms with Gasteiger partial charge in [0.05, 0.1) is 32.4 Å². The highest BCUT2D eigenvalue weighted by atomic mass is 35.5. The number of halogens is 1. The molecule has 27 heavy (non-hydrogen) atoms. The van der Waals surface area contributed by atoms with Crippen molar-refractivity contribution in [1.82, 2.24) is 10.2 Å². The predicted octanol–water partition coefficient (Wildman–Crippen LogP) is 2.50.